The summed E-state index contributed by atoms with van der Waals surface area (Å²) >= 11 is 0. The number of halogens is 2. The van der Waals surface area contributed by atoms with Gasteiger partial charge in [-0.1, -0.05) is 30.3 Å². The Morgan fingerprint density at radius 1 is 0.952 bits per heavy atom. The van der Waals surface area contributed by atoms with E-state index in [1.807, 2.05) is 30.3 Å². The van der Waals surface area contributed by atoms with Crippen molar-refractivity contribution in [3.63, 3.8) is 0 Å². The first-order chi connectivity index (χ1) is 10.1. The Bertz CT molecular complexity index is 729. The molecule has 1 aliphatic rings. The highest BCUT2D eigenvalue weighted by atomic mass is 19.2. The SMILES string of the molecule is O=C1C(=O)N(CCc2ccccc2)c2cc(F)c(F)cc21. The van der Waals surface area contributed by atoms with E-state index in [1.54, 1.807) is 0 Å². The molecule has 0 aromatic heterocycles. The lowest BCUT2D eigenvalue weighted by Crippen LogP contribution is -2.31. The number of benzene rings is 2. The van der Waals surface area contributed by atoms with Crippen LogP contribution in [0.1, 0.15) is 15.9 Å². The number of nitrogens with zero attached hydrogens (tertiary/aromatic N) is 1. The van der Waals surface area contributed by atoms with Gasteiger partial charge < -0.3 is 4.90 Å². The zero-order chi connectivity index (χ0) is 15.0. The standard InChI is InChI=1S/C16H11F2NO2/c17-12-8-11-14(9-13(12)18)19(16(21)15(11)20)7-6-10-4-2-1-3-5-10/h1-5,8-9H,6-7H2. The second-order valence-electron chi connectivity index (χ2n) is 4.80. The van der Waals surface area contributed by atoms with Crippen LogP contribution < -0.4 is 4.90 Å². The lowest BCUT2D eigenvalue weighted by molar-refractivity contribution is -0.114. The predicted molar refractivity (Wildman–Crippen MR) is 73.2 cm³/mol. The zero-order valence-corrected chi connectivity index (χ0v) is 11.0. The van der Waals surface area contributed by atoms with Crippen molar-refractivity contribution in [1.29, 1.82) is 0 Å². The van der Waals surface area contributed by atoms with Crippen LogP contribution in [0.4, 0.5) is 14.5 Å². The minimum Gasteiger partial charge on any atom is -0.304 e. The Balaban J connectivity index is 1.89. The maximum Gasteiger partial charge on any atom is 0.299 e. The monoisotopic (exact) mass is 287 g/mol. The van der Waals surface area contributed by atoms with Gasteiger partial charge in [-0.05, 0) is 18.1 Å². The molecule has 0 aliphatic carbocycles. The molecule has 0 fully saturated rings. The van der Waals surface area contributed by atoms with E-state index in [0.29, 0.717) is 6.42 Å². The average molecular weight is 287 g/mol. The number of hydrogen-bond acceptors (Lipinski definition) is 2. The fourth-order valence-corrected chi connectivity index (χ4v) is 2.40. The van der Waals surface area contributed by atoms with Crippen LogP contribution in [0.3, 0.4) is 0 Å². The Hall–Kier alpha value is -2.56. The van der Waals surface area contributed by atoms with Gasteiger partial charge in [-0.2, -0.15) is 0 Å². The fourth-order valence-electron chi connectivity index (χ4n) is 2.40. The van der Waals surface area contributed by atoms with E-state index in [-0.39, 0.29) is 17.8 Å². The maximum absolute atomic E-state index is 13.3. The topological polar surface area (TPSA) is 37.4 Å². The first-order valence-corrected chi connectivity index (χ1v) is 6.47. The van der Waals surface area contributed by atoms with Crippen molar-refractivity contribution in [2.24, 2.45) is 0 Å². The van der Waals surface area contributed by atoms with E-state index in [9.17, 15) is 18.4 Å². The van der Waals surface area contributed by atoms with Gasteiger partial charge in [-0.3, -0.25) is 9.59 Å². The molecule has 1 amide bonds. The summed E-state index contributed by atoms with van der Waals surface area (Å²) in [6.07, 6.45) is 0.526. The van der Waals surface area contributed by atoms with E-state index in [2.05, 4.69) is 0 Å². The molecule has 5 heteroatoms. The molecule has 0 saturated carbocycles. The van der Waals surface area contributed by atoms with Gasteiger partial charge in [0, 0.05) is 12.6 Å². The second-order valence-corrected chi connectivity index (χ2v) is 4.80. The van der Waals surface area contributed by atoms with Crippen molar-refractivity contribution in [3.8, 4) is 0 Å². The number of anilines is 1. The molecule has 2 aromatic rings. The molecular weight excluding hydrogens is 276 g/mol. The van der Waals surface area contributed by atoms with E-state index in [4.69, 9.17) is 0 Å². The van der Waals surface area contributed by atoms with Gasteiger partial charge >= 0.3 is 0 Å². The van der Waals surface area contributed by atoms with Crippen LogP contribution in [0.25, 0.3) is 0 Å². The highest BCUT2D eigenvalue weighted by Gasteiger charge is 2.36. The molecule has 1 heterocycles. The number of amides is 1. The van der Waals surface area contributed by atoms with Gasteiger partial charge in [0.05, 0.1) is 11.3 Å². The summed E-state index contributed by atoms with van der Waals surface area (Å²) in [5, 5.41) is 0. The third kappa shape index (κ3) is 2.31. The second kappa shape index (κ2) is 5.09. The molecule has 0 unspecified atom stereocenters. The fraction of sp³-hybridized carbons (Fsp3) is 0.125. The smallest absolute Gasteiger partial charge is 0.299 e. The van der Waals surface area contributed by atoms with Gasteiger partial charge in [0.15, 0.2) is 11.6 Å². The molecule has 0 saturated heterocycles. The maximum atomic E-state index is 13.3. The number of fused-ring (bicyclic) bond motifs is 1. The van der Waals surface area contributed by atoms with Crippen LogP contribution in [-0.2, 0) is 11.2 Å². The number of Topliss-reactive ketones (excluding diaryl/α,β-unsaturated/α-hetero) is 1. The quantitative estimate of drug-likeness (QED) is 0.814. The van der Waals surface area contributed by atoms with Crippen LogP contribution in [0.2, 0.25) is 0 Å². The lowest BCUT2D eigenvalue weighted by Gasteiger charge is -2.16. The van der Waals surface area contributed by atoms with Gasteiger partial charge in [0.25, 0.3) is 11.7 Å². The van der Waals surface area contributed by atoms with Crippen LogP contribution in [0.5, 0.6) is 0 Å². The summed E-state index contributed by atoms with van der Waals surface area (Å²) in [6, 6.07) is 11.1. The van der Waals surface area contributed by atoms with Crippen LogP contribution >= 0.6 is 0 Å². The highest BCUT2D eigenvalue weighted by molar-refractivity contribution is 6.52. The number of carbonyl (C=O) groups excluding carboxylic acids is 2. The molecule has 0 atom stereocenters. The minimum absolute atomic E-state index is 0.0769. The summed E-state index contributed by atoms with van der Waals surface area (Å²) in [5.74, 6) is -3.73. The molecule has 0 bridgehead atoms. The van der Waals surface area contributed by atoms with E-state index in [0.717, 1.165) is 17.7 Å². The number of ketones is 1. The molecule has 1 aliphatic heterocycles. The number of carbonyl (C=O) groups is 2. The Morgan fingerprint density at radius 3 is 2.33 bits per heavy atom. The molecule has 0 radical (unpaired) electrons. The van der Waals surface area contributed by atoms with E-state index < -0.39 is 23.3 Å². The number of rotatable bonds is 3. The van der Waals surface area contributed by atoms with E-state index in [1.165, 1.54) is 4.90 Å². The van der Waals surface area contributed by atoms with Crippen molar-refractivity contribution in [3.05, 3.63) is 65.2 Å². The van der Waals surface area contributed by atoms with Gasteiger partial charge in [0.1, 0.15) is 0 Å². The largest absolute Gasteiger partial charge is 0.304 e. The van der Waals surface area contributed by atoms with Crippen molar-refractivity contribution in [1.82, 2.24) is 0 Å². The van der Waals surface area contributed by atoms with Crippen LogP contribution in [0, 0.1) is 11.6 Å². The van der Waals surface area contributed by atoms with Crippen molar-refractivity contribution < 1.29 is 18.4 Å². The summed E-state index contributed by atoms with van der Waals surface area (Å²) in [4.78, 5) is 24.9. The van der Waals surface area contributed by atoms with Crippen LogP contribution in [0.15, 0.2) is 42.5 Å². The predicted octanol–water partition coefficient (Wildman–Crippen LogP) is 2.74. The van der Waals surface area contributed by atoms with Crippen molar-refractivity contribution in [2.45, 2.75) is 6.42 Å². The molecule has 106 valence electrons. The Morgan fingerprint density at radius 2 is 1.62 bits per heavy atom. The van der Waals surface area contributed by atoms with Crippen molar-refractivity contribution >= 4 is 17.4 Å². The van der Waals surface area contributed by atoms with Gasteiger partial charge in [0.2, 0.25) is 0 Å². The molecule has 21 heavy (non-hydrogen) atoms. The molecule has 0 N–H and O–H groups in total. The lowest BCUT2D eigenvalue weighted by atomic mass is 10.1. The summed E-state index contributed by atoms with van der Waals surface area (Å²) in [5.41, 5.74) is 1.06. The van der Waals surface area contributed by atoms with Gasteiger partial charge in [-0.15, -0.1) is 0 Å². The Labute approximate surface area is 119 Å². The Kier molecular flexibility index (Phi) is 3.25. The number of hydrogen-bond donors (Lipinski definition) is 0. The van der Waals surface area contributed by atoms with E-state index >= 15 is 0 Å². The molecule has 2 aromatic carbocycles. The first-order valence-electron chi connectivity index (χ1n) is 6.47. The normalized spacial score (nSPS) is 13.7. The minimum atomic E-state index is -1.13. The third-order valence-corrected chi connectivity index (χ3v) is 3.48. The molecule has 3 rings (SSSR count). The zero-order valence-electron chi connectivity index (χ0n) is 11.0. The van der Waals surface area contributed by atoms with Crippen molar-refractivity contribution in [2.75, 3.05) is 11.4 Å². The summed E-state index contributed by atoms with van der Waals surface area (Å²) < 4.78 is 26.5. The molecule has 3 nitrogen and oxygen atoms in total. The average Bonchev–Trinajstić information content (AvgIpc) is 2.71. The summed E-state index contributed by atoms with van der Waals surface area (Å²) in [7, 11) is 0. The highest BCUT2D eigenvalue weighted by Crippen LogP contribution is 2.31. The molecule has 0 spiro atoms. The third-order valence-electron chi connectivity index (χ3n) is 3.48. The summed E-state index contributed by atoms with van der Waals surface area (Å²) in [6.45, 7) is 0.243. The molecular formula is C16H11F2NO2. The first kappa shape index (κ1) is 13.4. The van der Waals surface area contributed by atoms with Crippen LogP contribution in [-0.4, -0.2) is 18.2 Å². The van der Waals surface area contributed by atoms with Gasteiger partial charge in [-0.25, -0.2) is 8.78 Å².